The molecule has 1 fully saturated rings. The van der Waals surface area contributed by atoms with Crippen LogP contribution in [0.15, 0.2) is 15.4 Å². The van der Waals surface area contributed by atoms with Crippen LogP contribution in [0.3, 0.4) is 0 Å². The third-order valence-electron chi connectivity index (χ3n) is 3.42. The summed E-state index contributed by atoms with van der Waals surface area (Å²) in [7, 11) is -3.53. The van der Waals surface area contributed by atoms with Gasteiger partial charge in [0.1, 0.15) is 16.4 Å². The molecule has 0 aliphatic carbocycles. The number of hydrogen-bond donors (Lipinski definition) is 0. The highest BCUT2D eigenvalue weighted by Gasteiger charge is 2.33. The molecule has 5 nitrogen and oxygen atoms in total. The molecule has 2 heterocycles. The van der Waals surface area contributed by atoms with Gasteiger partial charge in [0, 0.05) is 25.8 Å². The van der Waals surface area contributed by atoms with Gasteiger partial charge in [-0.3, -0.25) is 0 Å². The number of nitrogens with zero attached hydrogens (tertiary/aromatic N) is 1. The Balaban J connectivity index is 2.22. The van der Waals surface area contributed by atoms with E-state index in [4.69, 9.17) is 20.8 Å². The summed E-state index contributed by atoms with van der Waals surface area (Å²) >= 11 is 5.69. The second kappa shape index (κ2) is 6.47. The van der Waals surface area contributed by atoms with Crippen molar-refractivity contribution in [3.63, 3.8) is 0 Å². The summed E-state index contributed by atoms with van der Waals surface area (Å²) in [5.74, 6) is 1.03. The average Bonchev–Trinajstić information content (AvgIpc) is 2.81. The highest BCUT2D eigenvalue weighted by atomic mass is 35.5. The van der Waals surface area contributed by atoms with Gasteiger partial charge in [-0.1, -0.05) is 0 Å². The molecule has 0 aromatic carbocycles. The molecule has 1 saturated heterocycles. The molecular weight excluding hydrogens is 302 g/mol. The van der Waals surface area contributed by atoms with Crippen LogP contribution in [0.5, 0.6) is 0 Å². The Labute approximate surface area is 124 Å². The van der Waals surface area contributed by atoms with Crippen LogP contribution in [0.2, 0.25) is 0 Å². The molecule has 2 rings (SSSR count). The number of ether oxygens (including phenoxy) is 1. The maximum Gasteiger partial charge on any atom is 0.246 e. The molecule has 0 spiro atoms. The van der Waals surface area contributed by atoms with Crippen molar-refractivity contribution in [2.75, 3.05) is 19.7 Å². The lowest BCUT2D eigenvalue weighted by atomic mass is 10.1. The molecule has 114 valence electrons. The minimum atomic E-state index is -3.53. The van der Waals surface area contributed by atoms with Crippen molar-refractivity contribution in [1.82, 2.24) is 4.31 Å². The van der Waals surface area contributed by atoms with E-state index >= 15 is 0 Å². The van der Waals surface area contributed by atoms with E-state index in [9.17, 15) is 8.42 Å². The molecule has 0 N–H and O–H groups in total. The zero-order chi connectivity index (χ0) is 14.8. The molecule has 1 aliphatic heterocycles. The van der Waals surface area contributed by atoms with Crippen LogP contribution >= 0.6 is 11.6 Å². The maximum atomic E-state index is 12.7. The molecule has 7 heteroatoms. The first kappa shape index (κ1) is 15.8. The summed E-state index contributed by atoms with van der Waals surface area (Å²) < 4.78 is 37.7. The molecule has 1 atom stereocenters. The normalized spacial score (nSPS) is 21.2. The van der Waals surface area contributed by atoms with Crippen molar-refractivity contribution in [3.05, 3.63) is 17.6 Å². The zero-order valence-electron chi connectivity index (χ0n) is 11.8. The predicted molar refractivity (Wildman–Crippen MR) is 76.4 cm³/mol. The van der Waals surface area contributed by atoms with Crippen molar-refractivity contribution in [1.29, 1.82) is 0 Å². The lowest BCUT2D eigenvalue weighted by Crippen LogP contribution is -2.43. The number of halogens is 1. The van der Waals surface area contributed by atoms with E-state index in [2.05, 4.69) is 0 Å². The topological polar surface area (TPSA) is 59.8 Å². The zero-order valence-corrected chi connectivity index (χ0v) is 13.3. The Hall–Kier alpha value is -0.560. The van der Waals surface area contributed by atoms with Crippen LogP contribution in [-0.4, -0.2) is 38.5 Å². The molecule has 1 aliphatic rings. The van der Waals surface area contributed by atoms with Gasteiger partial charge in [0.15, 0.2) is 0 Å². The molecule has 0 bridgehead atoms. The summed E-state index contributed by atoms with van der Waals surface area (Å²) in [5, 5.41) is 0. The lowest BCUT2D eigenvalue weighted by Gasteiger charge is -2.31. The van der Waals surface area contributed by atoms with Crippen molar-refractivity contribution < 1.29 is 17.6 Å². The standard InChI is InChI=1S/C13H20ClNO4S/c1-3-18-11-5-4-6-15(9-11)20(16,17)13-7-12(8-14)19-10(13)2/h7,11H,3-6,8-9H2,1-2H3. The summed E-state index contributed by atoms with van der Waals surface area (Å²) in [6.07, 6.45) is 1.68. The quantitative estimate of drug-likeness (QED) is 0.782. The fourth-order valence-corrected chi connectivity index (χ4v) is 4.31. The molecule has 1 unspecified atom stereocenters. The van der Waals surface area contributed by atoms with Crippen molar-refractivity contribution in [3.8, 4) is 0 Å². The Kier molecular flexibility index (Phi) is 5.12. The van der Waals surface area contributed by atoms with E-state index in [1.807, 2.05) is 6.92 Å². The average molecular weight is 322 g/mol. The number of aryl methyl sites for hydroxylation is 1. The molecule has 20 heavy (non-hydrogen) atoms. The third kappa shape index (κ3) is 3.19. The first-order chi connectivity index (χ1) is 9.48. The number of alkyl halides is 1. The van der Waals surface area contributed by atoms with Gasteiger partial charge in [-0.2, -0.15) is 4.31 Å². The van der Waals surface area contributed by atoms with E-state index < -0.39 is 10.0 Å². The van der Waals surface area contributed by atoms with Crippen molar-refractivity contribution in [2.45, 2.75) is 43.6 Å². The van der Waals surface area contributed by atoms with Gasteiger partial charge in [-0.25, -0.2) is 8.42 Å². The number of furan rings is 1. The Morgan fingerprint density at radius 3 is 2.90 bits per heavy atom. The van der Waals surface area contributed by atoms with E-state index in [0.717, 1.165) is 12.8 Å². The summed E-state index contributed by atoms with van der Waals surface area (Å²) in [4.78, 5) is 0.213. The maximum absolute atomic E-state index is 12.7. The van der Waals surface area contributed by atoms with Crippen molar-refractivity contribution in [2.24, 2.45) is 0 Å². The van der Waals surface area contributed by atoms with Gasteiger partial charge in [-0.15, -0.1) is 11.6 Å². The minimum Gasteiger partial charge on any atom is -0.464 e. The first-order valence-electron chi connectivity index (χ1n) is 6.76. The van der Waals surface area contributed by atoms with E-state index in [1.165, 1.54) is 10.4 Å². The molecular formula is C13H20ClNO4S. The third-order valence-corrected chi connectivity index (χ3v) is 5.65. The van der Waals surface area contributed by atoms with E-state index in [1.54, 1.807) is 6.92 Å². The van der Waals surface area contributed by atoms with Gasteiger partial charge in [0.25, 0.3) is 0 Å². The summed E-state index contributed by atoms with van der Waals surface area (Å²) in [6.45, 7) is 5.08. The number of piperidine rings is 1. The van der Waals surface area contributed by atoms with Gasteiger partial charge in [0.05, 0.1) is 12.0 Å². The second-order valence-electron chi connectivity index (χ2n) is 4.85. The monoisotopic (exact) mass is 321 g/mol. The van der Waals surface area contributed by atoms with Crippen LogP contribution < -0.4 is 0 Å². The Bertz CT molecular complexity index is 553. The number of sulfonamides is 1. The van der Waals surface area contributed by atoms with E-state index in [0.29, 0.717) is 31.2 Å². The molecule has 0 amide bonds. The van der Waals surface area contributed by atoms with E-state index in [-0.39, 0.29) is 16.9 Å². The van der Waals surface area contributed by atoms with Crippen LogP contribution in [0.1, 0.15) is 31.3 Å². The van der Waals surface area contributed by atoms with Gasteiger partial charge in [0.2, 0.25) is 10.0 Å². The highest BCUT2D eigenvalue weighted by Crippen LogP contribution is 2.27. The molecule has 1 aromatic rings. The highest BCUT2D eigenvalue weighted by molar-refractivity contribution is 7.89. The number of hydrogen-bond acceptors (Lipinski definition) is 4. The summed E-state index contributed by atoms with van der Waals surface area (Å²) in [5.41, 5.74) is 0. The largest absolute Gasteiger partial charge is 0.464 e. The fraction of sp³-hybridized carbons (Fsp3) is 0.692. The van der Waals surface area contributed by atoms with Crippen LogP contribution in [0.4, 0.5) is 0 Å². The van der Waals surface area contributed by atoms with Crippen LogP contribution in [0, 0.1) is 6.92 Å². The van der Waals surface area contributed by atoms with Crippen LogP contribution in [-0.2, 0) is 20.6 Å². The smallest absolute Gasteiger partial charge is 0.246 e. The molecule has 0 radical (unpaired) electrons. The van der Waals surface area contributed by atoms with Gasteiger partial charge >= 0.3 is 0 Å². The minimum absolute atomic E-state index is 0.0248. The summed E-state index contributed by atoms with van der Waals surface area (Å²) in [6, 6.07) is 1.52. The lowest BCUT2D eigenvalue weighted by molar-refractivity contribution is 0.0265. The van der Waals surface area contributed by atoms with Gasteiger partial charge < -0.3 is 9.15 Å². The predicted octanol–water partition coefficient (Wildman–Crippen LogP) is 2.52. The first-order valence-corrected chi connectivity index (χ1v) is 8.73. The van der Waals surface area contributed by atoms with Crippen LogP contribution in [0.25, 0.3) is 0 Å². The second-order valence-corrected chi connectivity index (χ2v) is 7.02. The molecule has 0 saturated carbocycles. The van der Waals surface area contributed by atoms with Gasteiger partial charge in [-0.05, 0) is 26.7 Å². The fourth-order valence-electron chi connectivity index (χ4n) is 2.48. The Morgan fingerprint density at radius 1 is 1.55 bits per heavy atom. The van der Waals surface area contributed by atoms with Crippen molar-refractivity contribution >= 4 is 21.6 Å². The number of rotatable bonds is 5. The molecule has 1 aromatic heterocycles. The SMILES string of the molecule is CCOC1CCCN(S(=O)(=O)c2cc(CCl)oc2C)C1. The Morgan fingerprint density at radius 2 is 2.30 bits per heavy atom.